The highest BCUT2D eigenvalue weighted by molar-refractivity contribution is 6.30. The van der Waals surface area contributed by atoms with E-state index in [1.807, 2.05) is 18.2 Å². The van der Waals surface area contributed by atoms with Gasteiger partial charge in [0.25, 0.3) is 5.91 Å². The number of esters is 1. The predicted molar refractivity (Wildman–Crippen MR) is 108 cm³/mol. The number of nitrogens with one attached hydrogen (secondary N) is 1. The Hall–Kier alpha value is -3.45. The second-order valence-corrected chi connectivity index (χ2v) is 6.87. The summed E-state index contributed by atoms with van der Waals surface area (Å²) < 4.78 is 5.21. The highest BCUT2D eigenvalue weighted by Crippen LogP contribution is 2.26. The van der Waals surface area contributed by atoms with Gasteiger partial charge in [-0.3, -0.25) is 9.69 Å². The second-order valence-electron chi connectivity index (χ2n) is 6.43. The summed E-state index contributed by atoms with van der Waals surface area (Å²) in [5, 5.41) is 3.74. The molecule has 0 bridgehead atoms. The molecule has 1 fully saturated rings. The van der Waals surface area contributed by atoms with E-state index < -0.39 is 24.5 Å². The van der Waals surface area contributed by atoms with Gasteiger partial charge in [-0.1, -0.05) is 41.9 Å². The topological polar surface area (TPSA) is 88.6 Å². The lowest BCUT2D eigenvalue weighted by molar-refractivity contribution is -0.130. The van der Waals surface area contributed by atoms with Crippen LogP contribution in [-0.4, -0.2) is 47.5 Å². The average molecular weight is 410 g/mol. The number of pyridine rings is 1. The molecule has 1 aliphatic rings. The van der Waals surface area contributed by atoms with Crippen molar-refractivity contribution in [1.82, 2.24) is 15.2 Å². The number of aromatic nitrogens is 1. The van der Waals surface area contributed by atoms with Crippen LogP contribution in [0.1, 0.15) is 10.4 Å². The minimum absolute atomic E-state index is 0.258. The van der Waals surface area contributed by atoms with Crippen molar-refractivity contribution < 1.29 is 19.1 Å². The van der Waals surface area contributed by atoms with E-state index in [1.165, 1.54) is 0 Å². The zero-order valence-corrected chi connectivity index (χ0v) is 16.0. The van der Waals surface area contributed by atoms with Gasteiger partial charge in [0, 0.05) is 29.1 Å². The first-order valence-corrected chi connectivity index (χ1v) is 9.32. The van der Waals surface area contributed by atoms with Crippen molar-refractivity contribution >= 4 is 40.4 Å². The number of ether oxygens (including phenoxy) is 1. The molecule has 7 nitrogen and oxygen atoms in total. The Morgan fingerprint density at radius 2 is 1.90 bits per heavy atom. The summed E-state index contributed by atoms with van der Waals surface area (Å²) in [7, 11) is 0. The molecule has 1 aromatic heterocycles. The van der Waals surface area contributed by atoms with Crippen LogP contribution in [0.3, 0.4) is 0 Å². The van der Waals surface area contributed by atoms with Crippen molar-refractivity contribution in [3.05, 3.63) is 65.2 Å². The maximum Gasteiger partial charge on any atom is 0.339 e. The number of fused-ring (bicyclic) bond motifs is 1. The lowest BCUT2D eigenvalue weighted by Gasteiger charge is -2.13. The van der Waals surface area contributed by atoms with Crippen LogP contribution in [-0.2, 0) is 9.53 Å². The first-order chi connectivity index (χ1) is 14.0. The lowest BCUT2D eigenvalue weighted by Crippen LogP contribution is -2.37. The number of para-hydroxylation sites is 1. The normalized spacial score (nSPS) is 13.4. The van der Waals surface area contributed by atoms with E-state index in [2.05, 4.69) is 10.3 Å². The minimum Gasteiger partial charge on any atom is -0.452 e. The molecule has 0 aliphatic carbocycles. The number of imide groups is 1. The summed E-state index contributed by atoms with van der Waals surface area (Å²) in [5.41, 5.74) is 2.29. The Morgan fingerprint density at radius 1 is 1.14 bits per heavy atom. The molecule has 1 N–H and O–H groups in total. The summed E-state index contributed by atoms with van der Waals surface area (Å²) in [6.07, 6.45) is 0. The summed E-state index contributed by atoms with van der Waals surface area (Å²) in [4.78, 5) is 42.1. The molecule has 0 radical (unpaired) electrons. The molecule has 0 saturated carbocycles. The molecule has 2 heterocycles. The van der Waals surface area contributed by atoms with Gasteiger partial charge in [0.1, 0.15) is 0 Å². The van der Waals surface area contributed by atoms with Crippen molar-refractivity contribution in [3.8, 4) is 11.3 Å². The van der Waals surface area contributed by atoms with Crippen LogP contribution >= 0.6 is 11.6 Å². The quantitative estimate of drug-likeness (QED) is 0.668. The highest BCUT2D eigenvalue weighted by Gasteiger charge is 2.27. The molecular formula is C21H16ClN3O4. The van der Waals surface area contributed by atoms with E-state index >= 15 is 0 Å². The van der Waals surface area contributed by atoms with Crippen LogP contribution < -0.4 is 5.32 Å². The highest BCUT2D eigenvalue weighted by atomic mass is 35.5. The monoisotopic (exact) mass is 409 g/mol. The van der Waals surface area contributed by atoms with Gasteiger partial charge in [-0.25, -0.2) is 14.6 Å². The van der Waals surface area contributed by atoms with Gasteiger partial charge in [-0.05, 0) is 24.3 Å². The fraction of sp³-hybridized carbons (Fsp3) is 0.143. The molecule has 0 spiro atoms. The number of carbonyl (C=O) groups excluding carboxylic acids is 3. The van der Waals surface area contributed by atoms with Crippen LogP contribution in [0.15, 0.2) is 54.6 Å². The van der Waals surface area contributed by atoms with E-state index in [0.29, 0.717) is 33.7 Å². The number of carbonyl (C=O) groups is 3. The van der Waals surface area contributed by atoms with Crippen molar-refractivity contribution in [2.75, 3.05) is 19.7 Å². The van der Waals surface area contributed by atoms with Crippen LogP contribution in [0.25, 0.3) is 22.2 Å². The van der Waals surface area contributed by atoms with Crippen molar-refractivity contribution in [2.45, 2.75) is 0 Å². The van der Waals surface area contributed by atoms with E-state index in [4.69, 9.17) is 16.3 Å². The standard InChI is InChI=1S/C21H16ClN3O4/c22-14-7-5-13(6-8-14)18-11-16(15-3-1-2-4-17(15)24-18)20(27)29-12-19(26)25-10-9-23-21(25)28/h1-8,11H,9-10,12H2,(H,23,28). The molecule has 0 atom stereocenters. The third-order valence-corrected chi connectivity index (χ3v) is 4.81. The fourth-order valence-electron chi connectivity index (χ4n) is 3.11. The zero-order valence-electron chi connectivity index (χ0n) is 15.2. The Balaban J connectivity index is 1.63. The number of rotatable bonds is 4. The van der Waals surface area contributed by atoms with Crippen LogP contribution in [0.4, 0.5) is 4.79 Å². The third-order valence-electron chi connectivity index (χ3n) is 4.56. The van der Waals surface area contributed by atoms with Gasteiger partial charge in [-0.2, -0.15) is 0 Å². The molecule has 2 aromatic carbocycles. The number of amides is 3. The van der Waals surface area contributed by atoms with Crippen molar-refractivity contribution in [2.24, 2.45) is 0 Å². The van der Waals surface area contributed by atoms with E-state index in [-0.39, 0.29) is 6.54 Å². The van der Waals surface area contributed by atoms with Gasteiger partial charge in [0.05, 0.1) is 16.8 Å². The molecule has 8 heteroatoms. The number of nitrogens with zero attached hydrogens (tertiary/aromatic N) is 2. The molecule has 29 heavy (non-hydrogen) atoms. The van der Waals surface area contributed by atoms with Crippen LogP contribution in [0.5, 0.6) is 0 Å². The SMILES string of the molecule is O=C(OCC(=O)N1CCNC1=O)c1cc(-c2ccc(Cl)cc2)nc2ccccc12. The maximum atomic E-state index is 12.8. The van der Waals surface area contributed by atoms with Gasteiger partial charge in [-0.15, -0.1) is 0 Å². The summed E-state index contributed by atoms with van der Waals surface area (Å²) in [5.74, 6) is -1.23. The summed E-state index contributed by atoms with van der Waals surface area (Å²) in [6.45, 7) is 0.130. The van der Waals surface area contributed by atoms with Gasteiger partial charge >= 0.3 is 12.0 Å². The number of hydrogen-bond donors (Lipinski definition) is 1. The number of halogens is 1. The molecule has 1 saturated heterocycles. The molecule has 1 aliphatic heterocycles. The van der Waals surface area contributed by atoms with Crippen LogP contribution in [0, 0.1) is 0 Å². The average Bonchev–Trinajstić information content (AvgIpc) is 3.17. The van der Waals surface area contributed by atoms with Crippen molar-refractivity contribution in [3.63, 3.8) is 0 Å². The Morgan fingerprint density at radius 3 is 2.62 bits per heavy atom. The minimum atomic E-state index is -0.660. The first kappa shape index (κ1) is 18.9. The van der Waals surface area contributed by atoms with Crippen LogP contribution in [0.2, 0.25) is 5.02 Å². The van der Waals surface area contributed by atoms with Gasteiger partial charge in [0.15, 0.2) is 6.61 Å². The maximum absolute atomic E-state index is 12.8. The van der Waals surface area contributed by atoms with E-state index in [1.54, 1.807) is 36.4 Å². The Labute approximate surface area is 171 Å². The molecule has 3 amide bonds. The first-order valence-electron chi connectivity index (χ1n) is 8.94. The summed E-state index contributed by atoms with van der Waals surface area (Å²) in [6, 6.07) is 15.4. The Kier molecular flexibility index (Phi) is 5.14. The fourth-order valence-corrected chi connectivity index (χ4v) is 3.23. The molecule has 0 unspecified atom stereocenters. The smallest absolute Gasteiger partial charge is 0.339 e. The number of benzene rings is 2. The zero-order chi connectivity index (χ0) is 20.4. The van der Waals surface area contributed by atoms with Gasteiger partial charge < -0.3 is 10.1 Å². The van der Waals surface area contributed by atoms with E-state index in [0.717, 1.165) is 10.5 Å². The third kappa shape index (κ3) is 3.90. The number of hydrogen-bond acceptors (Lipinski definition) is 5. The molecule has 3 aromatic rings. The number of urea groups is 1. The predicted octanol–water partition coefficient (Wildman–Crippen LogP) is 3.26. The molecular weight excluding hydrogens is 394 g/mol. The Bertz CT molecular complexity index is 1110. The summed E-state index contributed by atoms with van der Waals surface area (Å²) >= 11 is 5.95. The van der Waals surface area contributed by atoms with Gasteiger partial charge in [0.2, 0.25) is 0 Å². The second kappa shape index (κ2) is 7.89. The van der Waals surface area contributed by atoms with E-state index in [9.17, 15) is 14.4 Å². The molecule has 4 rings (SSSR count). The van der Waals surface area contributed by atoms with Crippen molar-refractivity contribution in [1.29, 1.82) is 0 Å². The molecule has 146 valence electrons. The largest absolute Gasteiger partial charge is 0.452 e. The lowest BCUT2D eigenvalue weighted by atomic mass is 10.0.